The molecule has 4 heteroatoms. The fraction of sp³-hybridized carbons (Fsp3) is 0.933. The summed E-state index contributed by atoms with van der Waals surface area (Å²) >= 11 is 0. The smallest absolute Gasteiger partial charge is 0.239 e. The summed E-state index contributed by atoms with van der Waals surface area (Å²) in [6, 6.07) is -0.0559. The molecule has 19 heavy (non-hydrogen) atoms. The Morgan fingerprint density at radius 1 is 1.32 bits per heavy atom. The molecule has 0 radical (unpaired) electrons. The SMILES string of the molecule is C[C@@H]1C[C@H](C)CN(C(=O)[C@@H](C)NCCCN(C)C)C1. The summed E-state index contributed by atoms with van der Waals surface area (Å²) in [6.45, 7) is 10.3. The molecule has 3 atom stereocenters. The lowest BCUT2D eigenvalue weighted by Crippen LogP contribution is -2.50. The molecule has 0 aromatic rings. The number of piperidine rings is 1. The summed E-state index contributed by atoms with van der Waals surface area (Å²) in [5.41, 5.74) is 0. The molecule has 1 saturated heterocycles. The van der Waals surface area contributed by atoms with Crippen LogP contribution in [0.3, 0.4) is 0 Å². The summed E-state index contributed by atoms with van der Waals surface area (Å²) in [4.78, 5) is 16.6. The third kappa shape index (κ3) is 5.91. The predicted molar refractivity (Wildman–Crippen MR) is 80.2 cm³/mol. The minimum atomic E-state index is -0.0559. The van der Waals surface area contributed by atoms with Crippen LogP contribution in [0.25, 0.3) is 0 Å². The van der Waals surface area contributed by atoms with Crippen molar-refractivity contribution >= 4 is 5.91 Å². The number of carbonyl (C=O) groups is 1. The van der Waals surface area contributed by atoms with Gasteiger partial charge < -0.3 is 15.1 Å². The molecule has 0 aliphatic carbocycles. The van der Waals surface area contributed by atoms with Gasteiger partial charge in [-0.2, -0.15) is 0 Å². The van der Waals surface area contributed by atoms with Gasteiger partial charge in [-0.05, 0) is 58.8 Å². The molecule has 1 N–H and O–H groups in total. The van der Waals surface area contributed by atoms with E-state index < -0.39 is 0 Å². The van der Waals surface area contributed by atoms with E-state index in [0.29, 0.717) is 11.8 Å². The van der Waals surface area contributed by atoms with Crippen molar-refractivity contribution in [2.24, 2.45) is 11.8 Å². The van der Waals surface area contributed by atoms with Crippen LogP contribution in [0.2, 0.25) is 0 Å². The summed E-state index contributed by atoms with van der Waals surface area (Å²) in [5.74, 6) is 1.53. The first kappa shape index (κ1) is 16.4. The first-order valence-corrected chi connectivity index (χ1v) is 7.57. The number of rotatable bonds is 6. The number of hydrogen-bond donors (Lipinski definition) is 1. The topological polar surface area (TPSA) is 35.6 Å². The number of nitrogens with one attached hydrogen (secondary N) is 1. The fourth-order valence-corrected chi connectivity index (χ4v) is 2.92. The van der Waals surface area contributed by atoms with Gasteiger partial charge in [-0.3, -0.25) is 4.79 Å². The minimum Gasteiger partial charge on any atom is -0.341 e. The van der Waals surface area contributed by atoms with Crippen molar-refractivity contribution in [3.63, 3.8) is 0 Å². The molecule has 1 aliphatic rings. The molecule has 1 amide bonds. The maximum absolute atomic E-state index is 12.4. The third-order valence-electron chi connectivity index (χ3n) is 3.78. The molecule has 1 heterocycles. The Hall–Kier alpha value is -0.610. The zero-order valence-corrected chi connectivity index (χ0v) is 13.3. The average molecular weight is 269 g/mol. The first-order valence-electron chi connectivity index (χ1n) is 7.57. The number of amides is 1. The van der Waals surface area contributed by atoms with Crippen molar-refractivity contribution in [2.45, 2.75) is 39.7 Å². The Morgan fingerprint density at radius 3 is 2.42 bits per heavy atom. The lowest BCUT2D eigenvalue weighted by Gasteiger charge is -2.36. The van der Waals surface area contributed by atoms with Gasteiger partial charge in [0.2, 0.25) is 5.91 Å². The summed E-state index contributed by atoms with van der Waals surface area (Å²) in [6.07, 6.45) is 2.33. The number of likely N-dealkylation sites (tertiary alicyclic amines) is 1. The van der Waals surface area contributed by atoms with Crippen molar-refractivity contribution < 1.29 is 4.79 Å². The van der Waals surface area contributed by atoms with Crippen LogP contribution in [0, 0.1) is 11.8 Å². The van der Waals surface area contributed by atoms with Crippen LogP contribution in [-0.2, 0) is 4.79 Å². The van der Waals surface area contributed by atoms with Gasteiger partial charge in [0.15, 0.2) is 0 Å². The van der Waals surface area contributed by atoms with Gasteiger partial charge in [0.05, 0.1) is 6.04 Å². The van der Waals surface area contributed by atoms with Gasteiger partial charge in [0, 0.05) is 13.1 Å². The number of carbonyl (C=O) groups excluding carboxylic acids is 1. The van der Waals surface area contributed by atoms with Gasteiger partial charge in [0.25, 0.3) is 0 Å². The molecule has 1 rings (SSSR count). The van der Waals surface area contributed by atoms with E-state index in [9.17, 15) is 4.79 Å². The minimum absolute atomic E-state index is 0.0559. The van der Waals surface area contributed by atoms with Crippen LogP contribution in [0.1, 0.15) is 33.6 Å². The van der Waals surface area contributed by atoms with Crippen molar-refractivity contribution in [2.75, 3.05) is 40.3 Å². The van der Waals surface area contributed by atoms with Crippen LogP contribution in [0.15, 0.2) is 0 Å². The number of hydrogen-bond acceptors (Lipinski definition) is 3. The number of nitrogens with zero attached hydrogens (tertiary/aromatic N) is 2. The zero-order valence-electron chi connectivity index (χ0n) is 13.3. The second kappa shape index (κ2) is 7.85. The molecule has 0 bridgehead atoms. The van der Waals surface area contributed by atoms with Crippen LogP contribution in [0.4, 0.5) is 0 Å². The third-order valence-corrected chi connectivity index (χ3v) is 3.78. The average Bonchev–Trinajstić information content (AvgIpc) is 2.32. The molecule has 1 fully saturated rings. The Bertz CT molecular complexity index is 271. The van der Waals surface area contributed by atoms with E-state index in [2.05, 4.69) is 38.2 Å². The first-order chi connectivity index (χ1) is 8.90. The van der Waals surface area contributed by atoms with Crippen molar-refractivity contribution in [1.82, 2.24) is 15.1 Å². The molecule has 112 valence electrons. The molecular weight excluding hydrogens is 238 g/mol. The molecule has 0 aromatic carbocycles. The van der Waals surface area contributed by atoms with Crippen LogP contribution >= 0.6 is 0 Å². The lowest BCUT2D eigenvalue weighted by molar-refractivity contribution is -0.135. The van der Waals surface area contributed by atoms with Crippen molar-refractivity contribution in [3.05, 3.63) is 0 Å². The van der Waals surface area contributed by atoms with E-state index in [0.717, 1.165) is 32.6 Å². The molecule has 1 aliphatic heterocycles. The quantitative estimate of drug-likeness (QED) is 0.741. The maximum Gasteiger partial charge on any atom is 0.239 e. The zero-order chi connectivity index (χ0) is 14.4. The predicted octanol–water partition coefficient (Wildman–Crippen LogP) is 1.42. The monoisotopic (exact) mass is 269 g/mol. The highest BCUT2D eigenvalue weighted by Crippen LogP contribution is 2.21. The van der Waals surface area contributed by atoms with Crippen LogP contribution < -0.4 is 5.32 Å². The van der Waals surface area contributed by atoms with Crippen LogP contribution in [0.5, 0.6) is 0 Å². The van der Waals surface area contributed by atoms with Gasteiger partial charge in [-0.25, -0.2) is 0 Å². The highest BCUT2D eigenvalue weighted by Gasteiger charge is 2.27. The van der Waals surface area contributed by atoms with E-state index in [1.807, 2.05) is 11.8 Å². The summed E-state index contributed by atoms with van der Waals surface area (Å²) < 4.78 is 0. The van der Waals surface area contributed by atoms with Gasteiger partial charge in [0.1, 0.15) is 0 Å². The van der Waals surface area contributed by atoms with Crippen LogP contribution in [-0.4, -0.2) is 62.0 Å². The molecule has 0 unspecified atom stereocenters. The van der Waals surface area contributed by atoms with Crippen molar-refractivity contribution in [3.8, 4) is 0 Å². The molecule has 0 aromatic heterocycles. The van der Waals surface area contributed by atoms with E-state index in [1.165, 1.54) is 6.42 Å². The Kier molecular flexibility index (Phi) is 6.80. The van der Waals surface area contributed by atoms with Gasteiger partial charge in [-0.15, -0.1) is 0 Å². The summed E-state index contributed by atoms with van der Waals surface area (Å²) in [7, 11) is 4.15. The molecule has 4 nitrogen and oxygen atoms in total. The molecule has 0 spiro atoms. The van der Waals surface area contributed by atoms with E-state index in [4.69, 9.17) is 0 Å². The van der Waals surface area contributed by atoms with E-state index >= 15 is 0 Å². The van der Waals surface area contributed by atoms with E-state index in [1.54, 1.807) is 0 Å². The largest absolute Gasteiger partial charge is 0.341 e. The Balaban J connectivity index is 2.31. The summed E-state index contributed by atoms with van der Waals surface area (Å²) in [5, 5.41) is 3.35. The normalized spacial score (nSPS) is 25.7. The lowest BCUT2D eigenvalue weighted by atomic mass is 9.91. The molecular formula is C15H31N3O. The molecule has 0 saturated carbocycles. The van der Waals surface area contributed by atoms with Crippen molar-refractivity contribution in [1.29, 1.82) is 0 Å². The van der Waals surface area contributed by atoms with Gasteiger partial charge in [-0.1, -0.05) is 13.8 Å². The highest BCUT2D eigenvalue weighted by molar-refractivity contribution is 5.81. The highest BCUT2D eigenvalue weighted by atomic mass is 16.2. The second-order valence-electron chi connectivity index (χ2n) is 6.52. The van der Waals surface area contributed by atoms with Gasteiger partial charge >= 0.3 is 0 Å². The Labute approximate surface area is 118 Å². The second-order valence-corrected chi connectivity index (χ2v) is 6.52. The van der Waals surface area contributed by atoms with E-state index in [-0.39, 0.29) is 11.9 Å². The standard InChI is InChI=1S/C15H31N3O/c1-12-9-13(2)11-18(10-12)15(19)14(3)16-7-6-8-17(4)5/h12-14,16H,6-11H2,1-5H3/t12-,13+,14-/m1/s1. The fourth-order valence-electron chi connectivity index (χ4n) is 2.92. The Morgan fingerprint density at radius 2 is 1.89 bits per heavy atom. The maximum atomic E-state index is 12.4.